The minimum absolute atomic E-state index is 0.377. The van der Waals surface area contributed by atoms with Gasteiger partial charge in [-0.25, -0.2) is 0 Å². The second kappa shape index (κ2) is 5.32. The number of hydrogen-bond donors (Lipinski definition) is 2. The molecule has 0 unspecified atom stereocenters. The summed E-state index contributed by atoms with van der Waals surface area (Å²) in [4.78, 5) is 0. The van der Waals surface area contributed by atoms with E-state index < -0.39 is 10.2 Å². The molecule has 2 N–H and O–H groups in total. The lowest BCUT2D eigenvalue weighted by molar-refractivity contribution is 0.589. The number of hydrogen-bond acceptors (Lipinski definition) is 2. The Kier molecular flexibility index (Phi) is 4.32. The maximum atomic E-state index is 11.5. The largest absolute Gasteiger partial charge is 0.299 e. The predicted molar refractivity (Wildman–Crippen MR) is 66.8 cm³/mol. The molecule has 0 radical (unpaired) electrons. The Morgan fingerprint density at radius 3 is 2.50 bits per heavy atom. The molecule has 1 aromatic rings. The van der Waals surface area contributed by atoms with Crippen LogP contribution in [0.1, 0.15) is 25.0 Å². The van der Waals surface area contributed by atoms with Gasteiger partial charge in [-0.15, -0.1) is 0 Å². The van der Waals surface area contributed by atoms with Gasteiger partial charge in [0.1, 0.15) is 0 Å². The summed E-state index contributed by atoms with van der Waals surface area (Å²) in [6.07, 6.45) is 0.885. The van der Waals surface area contributed by atoms with Crippen molar-refractivity contribution in [3.8, 4) is 0 Å². The van der Waals surface area contributed by atoms with Crippen molar-refractivity contribution in [2.45, 2.75) is 27.2 Å². The van der Waals surface area contributed by atoms with Crippen molar-refractivity contribution in [1.29, 1.82) is 0 Å². The van der Waals surface area contributed by atoms with Crippen LogP contribution in [0.2, 0.25) is 0 Å². The fourth-order valence-corrected chi connectivity index (χ4v) is 2.33. The lowest BCUT2D eigenvalue weighted by atomic mass is 10.1. The summed E-state index contributed by atoms with van der Waals surface area (Å²) >= 11 is 0. The number of anilines is 1. The molecule has 0 bridgehead atoms. The van der Waals surface area contributed by atoms with Crippen LogP contribution in [0.3, 0.4) is 0 Å². The lowest BCUT2D eigenvalue weighted by Crippen LogP contribution is -2.30. The Morgan fingerprint density at radius 2 is 1.94 bits per heavy atom. The molecule has 0 fully saturated rings. The highest BCUT2D eigenvalue weighted by atomic mass is 32.2. The number of benzene rings is 1. The summed E-state index contributed by atoms with van der Waals surface area (Å²) in [5.41, 5.74) is 2.67. The monoisotopic (exact) mass is 242 g/mol. The molecule has 0 aromatic heterocycles. The van der Waals surface area contributed by atoms with E-state index in [4.69, 9.17) is 0 Å². The molecular weight excluding hydrogens is 224 g/mol. The van der Waals surface area contributed by atoms with E-state index in [9.17, 15) is 8.42 Å². The molecule has 0 heterocycles. The smallest absolute Gasteiger partial charge is 0.271 e. The predicted octanol–water partition coefficient (Wildman–Crippen LogP) is 1.82. The van der Waals surface area contributed by atoms with E-state index in [0.717, 1.165) is 17.5 Å². The van der Waals surface area contributed by atoms with Gasteiger partial charge in [-0.05, 0) is 30.5 Å². The third-order valence-electron chi connectivity index (χ3n) is 2.29. The maximum Gasteiger partial charge on any atom is 0.299 e. The summed E-state index contributed by atoms with van der Waals surface area (Å²) in [7, 11) is -3.43. The van der Waals surface area contributed by atoms with Gasteiger partial charge in [0.2, 0.25) is 0 Å². The lowest BCUT2D eigenvalue weighted by Gasteiger charge is -2.11. The Morgan fingerprint density at radius 1 is 1.25 bits per heavy atom. The van der Waals surface area contributed by atoms with Crippen molar-refractivity contribution in [3.05, 3.63) is 29.3 Å². The first-order valence-electron chi connectivity index (χ1n) is 5.35. The standard InChI is InChI=1S/C11H18N2O2S/c1-4-10-7-6-9(3)11(8-10)13-16(14,15)12-5-2/h6-8,12-13H,4-5H2,1-3H3. The van der Waals surface area contributed by atoms with Crippen molar-refractivity contribution < 1.29 is 8.42 Å². The summed E-state index contributed by atoms with van der Waals surface area (Å²) < 4.78 is 28.0. The molecule has 0 aliphatic carbocycles. The molecule has 5 heteroatoms. The van der Waals surface area contributed by atoms with Crippen molar-refractivity contribution in [3.63, 3.8) is 0 Å². The fraction of sp³-hybridized carbons (Fsp3) is 0.455. The van der Waals surface area contributed by atoms with E-state index in [0.29, 0.717) is 12.2 Å². The molecule has 0 atom stereocenters. The van der Waals surface area contributed by atoms with Crippen LogP contribution in [0.5, 0.6) is 0 Å². The maximum absolute atomic E-state index is 11.5. The van der Waals surface area contributed by atoms with Crippen LogP contribution in [-0.2, 0) is 16.6 Å². The molecule has 1 rings (SSSR count). The summed E-state index contributed by atoms with van der Waals surface area (Å²) in [6.45, 7) is 6.03. The van der Waals surface area contributed by atoms with Crippen LogP contribution in [0.25, 0.3) is 0 Å². The highest BCUT2D eigenvalue weighted by molar-refractivity contribution is 7.90. The van der Waals surface area contributed by atoms with Crippen LogP contribution in [0, 0.1) is 6.92 Å². The van der Waals surface area contributed by atoms with Gasteiger partial charge in [0.25, 0.3) is 10.2 Å². The van der Waals surface area contributed by atoms with E-state index in [1.54, 1.807) is 6.92 Å². The second-order valence-electron chi connectivity index (χ2n) is 3.61. The zero-order valence-electron chi connectivity index (χ0n) is 9.87. The van der Waals surface area contributed by atoms with Crippen LogP contribution in [0.4, 0.5) is 5.69 Å². The Labute approximate surface area is 97.3 Å². The summed E-state index contributed by atoms with van der Waals surface area (Å²) in [5, 5.41) is 0. The molecule has 0 amide bonds. The third-order valence-corrected chi connectivity index (χ3v) is 3.45. The Hall–Kier alpha value is -1.07. The van der Waals surface area contributed by atoms with Crippen molar-refractivity contribution >= 4 is 15.9 Å². The SMILES string of the molecule is CCNS(=O)(=O)Nc1cc(CC)ccc1C. The first-order valence-corrected chi connectivity index (χ1v) is 6.83. The number of rotatable bonds is 5. The van der Waals surface area contributed by atoms with E-state index >= 15 is 0 Å². The molecule has 0 aliphatic heterocycles. The average Bonchev–Trinajstić information content (AvgIpc) is 2.21. The van der Waals surface area contributed by atoms with Gasteiger partial charge in [-0.1, -0.05) is 26.0 Å². The first-order chi connectivity index (χ1) is 7.48. The van der Waals surface area contributed by atoms with E-state index in [1.807, 2.05) is 32.0 Å². The van der Waals surface area contributed by atoms with Gasteiger partial charge in [0, 0.05) is 6.54 Å². The number of aryl methyl sites for hydroxylation is 2. The zero-order chi connectivity index (χ0) is 12.2. The van der Waals surface area contributed by atoms with Gasteiger partial charge >= 0.3 is 0 Å². The van der Waals surface area contributed by atoms with Gasteiger partial charge in [0.15, 0.2) is 0 Å². The second-order valence-corrected chi connectivity index (χ2v) is 5.11. The van der Waals surface area contributed by atoms with Gasteiger partial charge in [-0.3, -0.25) is 4.72 Å². The van der Waals surface area contributed by atoms with Crippen LogP contribution in [-0.4, -0.2) is 15.0 Å². The molecule has 0 aliphatic rings. The van der Waals surface area contributed by atoms with E-state index in [-0.39, 0.29) is 0 Å². The average molecular weight is 242 g/mol. The van der Waals surface area contributed by atoms with Gasteiger partial charge < -0.3 is 0 Å². The highest BCUT2D eigenvalue weighted by Crippen LogP contribution is 2.18. The molecule has 4 nitrogen and oxygen atoms in total. The van der Waals surface area contributed by atoms with E-state index in [1.165, 1.54) is 0 Å². The quantitative estimate of drug-likeness (QED) is 0.827. The van der Waals surface area contributed by atoms with Crippen molar-refractivity contribution in [1.82, 2.24) is 4.72 Å². The molecule has 0 spiro atoms. The molecule has 0 saturated carbocycles. The fourth-order valence-electron chi connectivity index (χ4n) is 1.37. The summed E-state index contributed by atoms with van der Waals surface area (Å²) in [6, 6.07) is 5.78. The first kappa shape index (κ1) is 13.0. The van der Waals surface area contributed by atoms with Crippen LogP contribution in [0.15, 0.2) is 18.2 Å². The van der Waals surface area contributed by atoms with Crippen molar-refractivity contribution in [2.24, 2.45) is 0 Å². The van der Waals surface area contributed by atoms with Gasteiger partial charge in [0.05, 0.1) is 5.69 Å². The van der Waals surface area contributed by atoms with Crippen molar-refractivity contribution in [2.75, 3.05) is 11.3 Å². The molecule has 90 valence electrons. The molecule has 1 aromatic carbocycles. The minimum Gasteiger partial charge on any atom is -0.271 e. The Balaban J connectivity index is 2.96. The molecule has 16 heavy (non-hydrogen) atoms. The van der Waals surface area contributed by atoms with E-state index in [2.05, 4.69) is 9.44 Å². The van der Waals surface area contributed by atoms with Crippen LogP contribution >= 0.6 is 0 Å². The number of nitrogens with one attached hydrogen (secondary N) is 2. The normalized spacial score (nSPS) is 11.4. The topological polar surface area (TPSA) is 58.2 Å². The highest BCUT2D eigenvalue weighted by Gasteiger charge is 2.09. The Bertz CT molecular complexity index is 455. The van der Waals surface area contributed by atoms with Gasteiger partial charge in [-0.2, -0.15) is 13.1 Å². The summed E-state index contributed by atoms with van der Waals surface area (Å²) in [5.74, 6) is 0. The zero-order valence-corrected chi connectivity index (χ0v) is 10.7. The third kappa shape index (κ3) is 3.50. The van der Waals surface area contributed by atoms with Crippen LogP contribution < -0.4 is 9.44 Å². The molecular formula is C11H18N2O2S. The minimum atomic E-state index is -3.43. The molecule has 0 saturated heterocycles.